The first kappa shape index (κ1) is 22.3. The maximum absolute atomic E-state index is 11.8. The molecule has 4 aromatic rings. The number of hydrogen-bond acceptors (Lipinski definition) is 4. The van der Waals surface area contributed by atoms with Crippen LogP contribution in [-0.4, -0.2) is 19.7 Å². The number of rotatable bonds is 4. The van der Waals surface area contributed by atoms with Gasteiger partial charge in [-0.15, -0.1) is 0 Å². The zero-order chi connectivity index (χ0) is 23.1. The van der Waals surface area contributed by atoms with Gasteiger partial charge in [-0.2, -0.15) is 0 Å². The van der Waals surface area contributed by atoms with Crippen molar-refractivity contribution >= 4 is 18.0 Å². The molecule has 4 rings (SSSR count). The van der Waals surface area contributed by atoms with Crippen LogP contribution in [0.4, 0.5) is 0 Å². The third-order valence-corrected chi connectivity index (χ3v) is 8.59. The third-order valence-electron chi connectivity index (χ3n) is 5.94. The maximum atomic E-state index is 11.8. The first-order valence-electron chi connectivity index (χ1n) is 10.6. The Morgan fingerprint density at radius 1 is 0.594 bits per heavy atom. The van der Waals surface area contributed by atoms with Crippen LogP contribution in [0.1, 0.15) is 22.3 Å². The molecule has 0 radical (unpaired) electrons. The molecule has 4 nitrogen and oxygen atoms in total. The predicted octanol–water partition coefficient (Wildman–Crippen LogP) is 4.88. The third kappa shape index (κ3) is 3.76. The van der Waals surface area contributed by atoms with Gasteiger partial charge < -0.3 is 0 Å². The Balaban J connectivity index is 2.11. The van der Waals surface area contributed by atoms with E-state index < -0.39 is 7.28 Å². The van der Waals surface area contributed by atoms with E-state index in [4.69, 9.17) is 4.98 Å². The summed E-state index contributed by atoms with van der Waals surface area (Å²) in [6.45, 7) is 7.48. The van der Waals surface area contributed by atoms with Crippen molar-refractivity contribution in [1.82, 2.24) is 4.98 Å². The molecule has 0 aliphatic rings. The van der Waals surface area contributed by atoms with Gasteiger partial charge in [0, 0.05) is 0 Å². The van der Waals surface area contributed by atoms with Crippen molar-refractivity contribution in [3.05, 3.63) is 101 Å². The normalized spacial score (nSPS) is 12.9. The van der Waals surface area contributed by atoms with Gasteiger partial charge in [0.05, 0.1) is 0 Å². The van der Waals surface area contributed by atoms with E-state index in [9.17, 15) is 14.7 Å². The summed E-state index contributed by atoms with van der Waals surface area (Å²) < 4.78 is 0. The van der Waals surface area contributed by atoms with Gasteiger partial charge in [0.15, 0.2) is 0 Å². The molecule has 0 saturated carbocycles. The molecule has 0 fully saturated rings. The minimum atomic E-state index is -5.60. The summed E-state index contributed by atoms with van der Waals surface area (Å²) in [6.07, 6.45) is 0. The molecular formula is C27H28NO3P. The van der Waals surface area contributed by atoms with Crippen molar-refractivity contribution in [2.45, 2.75) is 27.7 Å². The average molecular weight is 445 g/mol. The van der Waals surface area contributed by atoms with E-state index in [-0.39, 0.29) is 10.7 Å². The number of benzene rings is 3. The standard InChI is InChI=1S/C27H28NO3P/c1-18-10-8-11-19(2)25(18)23-16-17-24(22-14-6-5-7-15-22)28-27(23)32(29,30,31)26-20(3)12-9-13-21(26)4/h5-17,29-31H,1-4H3. The number of hydrogen-bond donors (Lipinski definition) is 3. The topological polar surface area (TPSA) is 73.6 Å². The summed E-state index contributed by atoms with van der Waals surface area (Å²) in [4.78, 5) is 40.0. The van der Waals surface area contributed by atoms with Crippen LogP contribution in [0.25, 0.3) is 22.4 Å². The molecule has 0 spiro atoms. The van der Waals surface area contributed by atoms with Gasteiger partial charge in [-0.05, 0) is 0 Å². The van der Waals surface area contributed by atoms with Crippen molar-refractivity contribution in [2.75, 3.05) is 0 Å². The zero-order valence-corrected chi connectivity index (χ0v) is 19.6. The molecule has 0 atom stereocenters. The molecule has 0 amide bonds. The number of aromatic nitrogens is 1. The second-order valence-corrected chi connectivity index (χ2v) is 11.3. The van der Waals surface area contributed by atoms with E-state index in [1.54, 1.807) is 26.0 Å². The summed E-state index contributed by atoms with van der Waals surface area (Å²) in [7, 11) is -5.60. The van der Waals surface area contributed by atoms with Crippen LogP contribution in [0.2, 0.25) is 0 Å². The van der Waals surface area contributed by atoms with Crippen LogP contribution >= 0.6 is 7.28 Å². The van der Waals surface area contributed by atoms with Gasteiger partial charge >= 0.3 is 189 Å². The summed E-state index contributed by atoms with van der Waals surface area (Å²) >= 11 is 0. The molecule has 5 heteroatoms. The molecule has 3 N–H and O–H groups in total. The molecule has 0 saturated heterocycles. The van der Waals surface area contributed by atoms with Gasteiger partial charge in [0.1, 0.15) is 0 Å². The van der Waals surface area contributed by atoms with Crippen LogP contribution in [0.15, 0.2) is 78.9 Å². The van der Waals surface area contributed by atoms with E-state index in [1.165, 1.54) is 0 Å². The molecule has 0 aliphatic carbocycles. The average Bonchev–Trinajstić information content (AvgIpc) is 2.73. The Morgan fingerprint density at radius 2 is 1.12 bits per heavy atom. The van der Waals surface area contributed by atoms with Crippen LogP contribution in [-0.2, 0) is 0 Å². The number of aryl methyl sites for hydroxylation is 4. The van der Waals surface area contributed by atoms with Gasteiger partial charge in [-0.1, -0.05) is 0 Å². The van der Waals surface area contributed by atoms with Gasteiger partial charge in [-0.3, -0.25) is 0 Å². The summed E-state index contributed by atoms with van der Waals surface area (Å²) in [5.74, 6) is 0. The van der Waals surface area contributed by atoms with Crippen molar-refractivity contribution in [3.8, 4) is 22.4 Å². The first-order valence-corrected chi connectivity index (χ1v) is 12.6. The zero-order valence-electron chi connectivity index (χ0n) is 18.7. The molecular weight excluding hydrogens is 417 g/mol. The Kier molecular flexibility index (Phi) is 5.52. The second kappa shape index (κ2) is 7.91. The van der Waals surface area contributed by atoms with Crippen LogP contribution in [0.3, 0.4) is 0 Å². The summed E-state index contributed by atoms with van der Waals surface area (Å²) in [5.41, 5.74) is 5.81. The fourth-order valence-corrected chi connectivity index (χ4v) is 7.11. The van der Waals surface area contributed by atoms with Gasteiger partial charge in [0.2, 0.25) is 0 Å². The summed E-state index contributed by atoms with van der Waals surface area (Å²) in [5, 5.41) is 0.142. The molecule has 1 heterocycles. The molecule has 0 aliphatic heterocycles. The van der Waals surface area contributed by atoms with Crippen molar-refractivity contribution < 1.29 is 14.7 Å². The van der Waals surface area contributed by atoms with Crippen molar-refractivity contribution in [1.29, 1.82) is 0 Å². The fourth-order valence-electron chi connectivity index (χ4n) is 4.53. The van der Waals surface area contributed by atoms with Crippen LogP contribution in [0.5, 0.6) is 0 Å². The van der Waals surface area contributed by atoms with Gasteiger partial charge in [0.25, 0.3) is 0 Å². The van der Waals surface area contributed by atoms with E-state index in [0.29, 0.717) is 22.4 Å². The second-order valence-electron chi connectivity index (χ2n) is 8.42. The fraction of sp³-hybridized carbons (Fsp3) is 0.148. The van der Waals surface area contributed by atoms with Crippen molar-refractivity contribution in [3.63, 3.8) is 0 Å². The molecule has 32 heavy (non-hydrogen) atoms. The van der Waals surface area contributed by atoms with E-state index in [0.717, 1.165) is 22.3 Å². The quantitative estimate of drug-likeness (QED) is 0.392. The SMILES string of the molecule is Cc1cccc(C)c1-c1ccc(-c2ccccc2)nc1P(O)(O)(O)c1c(C)cccc1C. The molecule has 1 aromatic heterocycles. The summed E-state index contributed by atoms with van der Waals surface area (Å²) in [6, 6.07) is 24.5. The minimum absolute atomic E-state index is 0.0906. The molecule has 0 bridgehead atoms. The van der Waals surface area contributed by atoms with E-state index >= 15 is 0 Å². The Labute approximate surface area is 189 Å². The molecule has 0 unspecified atom stereocenters. The van der Waals surface area contributed by atoms with Crippen LogP contribution in [0, 0.1) is 27.7 Å². The first-order chi connectivity index (χ1) is 15.1. The monoisotopic (exact) mass is 445 g/mol. The van der Waals surface area contributed by atoms with Crippen LogP contribution < -0.4 is 10.7 Å². The number of pyridine rings is 1. The number of nitrogens with zero attached hydrogens (tertiary/aromatic N) is 1. The van der Waals surface area contributed by atoms with E-state index in [1.807, 2.05) is 80.6 Å². The Bertz CT molecular complexity index is 1270. The predicted molar refractivity (Wildman–Crippen MR) is 133 cm³/mol. The van der Waals surface area contributed by atoms with Crippen molar-refractivity contribution in [2.24, 2.45) is 0 Å². The molecule has 3 aromatic carbocycles. The Morgan fingerprint density at radius 3 is 1.69 bits per heavy atom. The van der Waals surface area contributed by atoms with Gasteiger partial charge in [-0.25, -0.2) is 0 Å². The molecule has 164 valence electrons. The van der Waals surface area contributed by atoms with E-state index in [2.05, 4.69) is 0 Å². The Hall–Kier alpha value is -2.88.